The number of H-pyrrole nitrogens is 1. The van der Waals surface area contributed by atoms with Gasteiger partial charge < -0.3 is 5.32 Å². The quantitative estimate of drug-likeness (QED) is 0.770. The normalized spacial score (nSPS) is 13.3. The summed E-state index contributed by atoms with van der Waals surface area (Å²) in [4.78, 5) is 21.2. The molecule has 0 aliphatic heterocycles. The van der Waals surface area contributed by atoms with Gasteiger partial charge in [-0.1, -0.05) is 0 Å². The number of amides is 1. The van der Waals surface area contributed by atoms with Crippen LogP contribution in [0.2, 0.25) is 0 Å². The summed E-state index contributed by atoms with van der Waals surface area (Å²) >= 11 is 0. The van der Waals surface area contributed by atoms with Gasteiger partial charge in [-0.25, -0.2) is 4.98 Å². The van der Waals surface area contributed by atoms with E-state index in [4.69, 9.17) is 0 Å². The first-order valence-electron chi connectivity index (χ1n) is 8.47. The minimum atomic E-state index is -0.137. The fourth-order valence-corrected chi connectivity index (χ4v) is 3.09. The van der Waals surface area contributed by atoms with Crippen molar-refractivity contribution in [1.82, 2.24) is 20.2 Å². The van der Waals surface area contributed by atoms with E-state index in [1.807, 2.05) is 37.3 Å². The van der Waals surface area contributed by atoms with Crippen LogP contribution >= 0.6 is 0 Å². The van der Waals surface area contributed by atoms with Crippen molar-refractivity contribution in [3.63, 3.8) is 0 Å². The average molecular weight is 333 g/mol. The van der Waals surface area contributed by atoms with Gasteiger partial charge in [0.1, 0.15) is 5.82 Å². The molecule has 0 saturated heterocycles. The van der Waals surface area contributed by atoms with E-state index in [2.05, 4.69) is 25.5 Å². The Morgan fingerprint density at radius 3 is 2.72 bits per heavy atom. The maximum atomic E-state index is 12.5. The van der Waals surface area contributed by atoms with Crippen LogP contribution in [0, 0.1) is 6.92 Å². The van der Waals surface area contributed by atoms with E-state index in [9.17, 15) is 4.79 Å². The Bertz CT molecular complexity index is 914. The van der Waals surface area contributed by atoms with Crippen LogP contribution in [-0.2, 0) is 12.8 Å². The molecule has 3 aromatic rings. The number of nitrogens with one attached hydrogen (secondary N) is 2. The number of nitrogens with zero attached hydrogens (tertiary/aromatic N) is 3. The van der Waals surface area contributed by atoms with Crippen molar-refractivity contribution in [3.05, 3.63) is 59.2 Å². The number of hydrogen-bond acceptors (Lipinski definition) is 4. The van der Waals surface area contributed by atoms with Gasteiger partial charge in [0.2, 0.25) is 0 Å². The molecule has 0 saturated carbocycles. The first-order valence-corrected chi connectivity index (χ1v) is 8.47. The summed E-state index contributed by atoms with van der Waals surface area (Å²) in [6.07, 6.45) is 6.04. The Balaban J connectivity index is 1.49. The smallest absolute Gasteiger partial charge is 0.257 e. The molecule has 2 aromatic heterocycles. The van der Waals surface area contributed by atoms with E-state index < -0.39 is 0 Å². The number of anilines is 1. The van der Waals surface area contributed by atoms with Crippen LogP contribution in [0.25, 0.3) is 11.4 Å². The topological polar surface area (TPSA) is 83.6 Å². The number of pyridine rings is 1. The largest absolute Gasteiger partial charge is 0.322 e. The summed E-state index contributed by atoms with van der Waals surface area (Å²) in [5, 5.41) is 9.88. The van der Waals surface area contributed by atoms with Gasteiger partial charge in [-0.05, 0) is 68.5 Å². The van der Waals surface area contributed by atoms with E-state index >= 15 is 0 Å². The molecule has 2 N–H and O–H groups in total. The van der Waals surface area contributed by atoms with E-state index in [-0.39, 0.29) is 5.91 Å². The average Bonchev–Trinajstić information content (AvgIpc) is 3.08. The Morgan fingerprint density at radius 1 is 1.16 bits per heavy atom. The molecule has 0 unspecified atom stereocenters. The highest BCUT2D eigenvalue weighted by atomic mass is 16.1. The van der Waals surface area contributed by atoms with Crippen molar-refractivity contribution in [2.24, 2.45) is 0 Å². The first-order chi connectivity index (χ1) is 12.2. The first kappa shape index (κ1) is 15.5. The molecule has 0 atom stereocenters. The fraction of sp³-hybridized carbons (Fsp3) is 0.263. The second kappa shape index (κ2) is 6.47. The van der Waals surface area contributed by atoms with Crippen molar-refractivity contribution in [1.29, 1.82) is 0 Å². The number of aromatic amines is 1. The van der Waals surface area contributed by atoms with E-state index in [0.29, 0.717) is 11.4 Å². The SMILES string of the molecule is Cc1nc(-c2ccc(NC(=O)c3cnc4c(c3)CCCC4)cc2)n[nH]1. The van der Waals surface area contributed by atoms with Crippen LogP contribution in [0.5, 0.6) is 0 Å². The lowest BCUT2D eigenvalue weighted by Gasteiger charge is -2.15. The molecule has 0 spiro atoms. The second-order valence-corrected chi connectivity index (χ2v) is 6.31. The Hall–Kier alpha value is -3.02. The summed E-state index contributed by atoms with van der Waals surface area (Å²) in [7, 11) is 0. The van der Waals surface area contributed by atoms with E-state index in [1.54, 1.807) is 6.20 Å². The zero-order chi connectivity index (χ0) is 17.2. The van der Waals surface area contributed by atoms with Crippen LogP contribution in [-0.4, -0.2) is 26.1 Å². The number of carbonyl (C=O) groups excluding carboxylic acids is 1. The van der Waals surface area contributed by atoms with Gasteiger partial charge in [-0.15, -0.1) is 0 Å². The van der Waals surface area contributed by atoms with Gasteiger partial charge in [0, 0.05) is 23.1 Å². The molecule has 6 nitrogen and oxygen atoms in total. The third-order valence-electron chi connectivity index (χ3n) is 4.43. The third-order valence-corrected chi connectivity index (χ3v) is 4.43. The van der Waals surface area contributed by atoms with E-state index in [1.165, 1.54) is 18.4 Å². The van der Waals surface area contributed by atoms with Crippen LogP contribution in [0.15, 0.2) is 36.5 Å². The molecule has 126 valence electrons. The van der Waals surface area contributed by atoms with Crippen molar-refractivity contribution in [2.75, 3.05) is 5.32 Å². The molecule has 25 heavy (non-hydrogen) atoms. The maximum Gasteiger partial charge on any atom is 0.257 e. The zero-order valence-electron chi connectivity index (χ0n) is 14.0. The predicted molar refractivity (Wildman–Crippen MR) is 95.4 cm³/mol. The monoisotopic (exact) mass is 333 g/mol. The van der Waals surface area contributed by atoms with Gasteiger partial charge in [0.25, 0.3) is 5.91 Å². The fourth-order valence-electron chi connectivity index (χ4n) is 3.09. The number of rotatable bonds is 3. The Kier molecular flexibility index (Phi) is 4.01. The lowest BCUT2D eigenvalue weighted by Crippen LogP contribution is -2.14. The highest BCUT2D eigenvalue weighted by Gasteiger charge is 2.14. The molecule has 0 radical (unpaired) electrons. The van der Waals surface area contributed by atoms with Crippen molar-refractivity contribution in [3.8, 4) is 11.4 Å². The summed E-state index contributed by atoms with van der Waals surface area (Å²) in [5.41, 5.74) is 4.58. The van der Waals surface area contributed by atoms with Crippen LogP contribution in [0.3, 0.4) is 0 Å². The molecule has 0 bridgehead atoms. The highest BCUT2D eigenvalue weighted by Crippen LogP contribution is 2.21. The summed E-state index contributed by atoms with van der Waals surface area (Å²) in [5.74, 6) is 1.28. The van der Waals surface area contributed by atoms with Crippen molar-refractivity contribution in [2.45, 2.75) is 32.6 Å². The number of benzene rings is 1. The number of hydrogen-bond donors (Lipinski definition) is 2. The summed E-state index contributed by atoms with van der Waals surface area (Å²) in [6, 6.07) is 9.46. The van der Waals surface area contributed by atoms with E-state index in [0.717, 1.165) is 35.6 Å². The van der Waals surface area contributed by atoms with Gasteiger partial charge in [-0.3, -0.25) is 14.9 Å². The molecule has 1 aliphatic rings. The molecule has 2 heterocycles. The number of carbonyl (C=O) groups is 1. The minimum Gasteiger partial charge on any atom is -0.322 e. The minimum absolute atomic E-state index is 0.137. The Labute approximate surface area is 145 Å². The molecular formula is C19H19N5O. The lowest BCUT2D eigenvalue weighted by molar-refractivity contribution is 0.102. The number of aryl methyl sites for hydroxylation is 3. The molecule has 1 amide bonds. The van der Waals surface area contributed by atoms with Gasteiger partial charge >= 0.3 is 0 Å². The van der Waals surface area contributed by atoms with Crippen molar-refractivity contribution < 1.29 is 4.79 Å². The number of aromatic nitrogens is 4. The Morgan fingerprint density at radius 2 is 1.96 bits per heavy atom. The third kappa shape index (κ3) is 3.28. The molecule has 1 aromatic carbocycles. The summed E-state index contributed by atoms with van der Waals surface area (Å²) in [6.45, 7) is 1.86. The van der Waals surface area contributed by atoms with Gasteiger partial charge in [-0.2, -0.15) is 5.10 Å². The predicted octanol–water partition coefficient (Wildman–Crippen LogP) is 3.31. The number of fused-ring (bicyclic) bond motifs is 1. The highest BCUT2D eigenvalue weighted by molar-refractivity contribution is 6.04. The van der Waals surface area contributed by atoms with Gasteiger partial charge in [0.05, 0.1) is 5.56 Å². The molecule has 6 heteroatoms. The molecule has 1 aliphatic carbocycles. The van der Waals surface area contributed by atoms with Crippen LogP contribution < -0.4 is 5.32 Å². The summed E-state index contributed by atoms with van der Waals surface area (Å²) < 4.78 is 0. The lowest BCUT2D eigenvalue weighted by atomic mass is 9.95. The molecule has 0 fully saturated rings. The van der Waals surface area contributed by atoms with Crippen LogP contribution in [0.1, 0.15) is 40.3 Å². The van der Waals surface area contributed by atoms with Gasteiger partial charge in [0.15, 0.2) is 5.82 Å². The maximum absolute atomic E-state index is 12.5. The standard InChI is InChI=1S/C19H19N5O/c1-12-21-18(24-23-12)13-6-8-16(9-7-13)22-19(25)15-10-14-4-2-3-5-17(14)20-11-15/h6-11H,2-5H2,1H3,(H,22,25)(H,21,23,24). The second-order valence-electron chi connectivity index (χ2n) is 6.31. The zero-order valence-corrected chi connectivity index (χ0v) is 14.0. The van der Waals surface area contributed by atoms with Crippen LogP contribution in [0.4, 0.5) is 5.69 Å². The molecule has 4 rings (SSSR count). The van der Waals surface area contributed by atoms with Crippen molar-refractivity contribution >= 4 is 11.6 Å². The molecular weight excluding hydrogens is 314 g/mol.